The molecule has 0 aromatic heterocycles. The molecule has 0 unspecified atom stereocenters. The van der Waals surface area contributed by atoms with E-state index in [-0.39, 0.29) is 30.9 Å². The van der Waals surface area contributed by atoms with Gasteiger partial charge >= 0.3 is 6.16 Å². The van der Waals surface area contributed by atoms with Gasteiger partial charge in [0, 0.05) is 25.1 Å². The molecule has 1 saturated heterocycles. The van der Waals surface area contributed by atoms with E-state index >= 15 is 0 Å². The Morgan fingerprint density at radius 2 is 1.74 bits per heavy atom. The number of hydrogen-bond acceptors (Lipinski definition) is 6. The van der Waals surface area contributed by atoms with Crippen LogP contribution in [-0.4, -0.2) is 48.1 Å². The van der Waals surface area contributed by atoms with Crippen molar-refractivity contribution >= 4 is 12.1 Å². The number of benzene rings is 2. The smallest absolute Gasteiger partial charge is 0.430 e. The highest BCUT2D eigenvalue weighted by molar-refractivity contribution is 5.73. The van der Waals surface area contributed by atoms with Crippen LogP contribution in [0.5, 0.6) is 0 Å². The van der Waals surface area contributed by atoms with Gasteiger partial charge in [-0.05, 0) is 66.3 Å². The molecule has 1 aliphatic heterocycles. The molecular formula is C30H38F2N2O5. The highest BCUT2D eigenvalue weighted by Gasteiger charge is 2.50. The van der Waals surface area contributed by atoms with Crippen molar-refractivity contribution in [3.05, 3.63) is 70.8 Å². The SMILES string of the molecule is CC(=O)N[C@H](Cc1cc(F)cc(F)c1)[C@H](O)CNC1(c2cccc(C(C)(C)C)c2)CCC2(CC1)COC(=O)O2. The van der Waals surface area contributed by atoms with Crippen molar-refractivity contribution in [2.75, 3.05) is 13.2 Å². The van der Waals surface area contributed by atoms with E-state index in [1.54, 1.807) is 0 Å². The fourth-order valence-electron chi connectivity index (χ4n) is 5.63. The highest BCUT2D eigenvalue weighted by atomic mass is 19.1. The highest BCUT2D eigenvalue weighted by Crippen LogP contribution is 2.45. The lowest BCUT2D eigenvalue weighted by Gasteiger charge is -2.45. The number of cyclic esters (lactones) is 1. The number of hydrogen-bond donors (Lipinski definition) is 3. The first-order valence-electron chi connectivity index (χ1n) is 13.4. The van der Waals surface area contributed by atoms with Crippen LogP contribution in [0.3, 0.4) is 0 Å². The first-order chi connectivity index (χ1) is 18.3. The van der Waals surface area contributed by atoms with Crippen molar-refractivity contribution in [1.82, 2.24) is 10.6 Å². The van der Waals surface area contributed by atoms with Crippen molar-refractivity contribution in [3.63, 3.8) is 0 Å². The number of rotatable bonds is 8. The van der Waals surface area contributed by atoms with Gasteiger partial charge in [-0.25, -0.2) is 13.6 Å². The zero-order valence-electron chi connectivity index (χ0n) is 23.0. The van der Waals surface area contributed by atoms with Crippen molar-refractivity contribution in [3.8, 4) is 0 Å². The van der Waals surface area contributed by atoms with Crippen LogP contribution >= 0.6 is 0 Å². The summed E-state index contributed by atoms with van der Waals surface area (Å²) in [6, 6.07) is 10.8. The van der Waals surface area contributed by atoms with Crippen LogP contribution in [0.1, 0.15) is 70.1 Å². The number of ether oxygens (including phenoxy) is 2. The molecule has 0 radical (unpaired) electrons. The molecule has 212 valence electrons. The fraction of sp³-hybridized carbons (Fsp3) is 0.533. The predicted molar refractivity (Wildman–Crippen MR) is 142 cm³/mol. The maximum atomic E-state index is 13.8. The van der Waals surface area contributed by atoms with Crippen molar-refractivity contribution < 1.29 is 33.0 Å². The molecule has 39 heavy (non-hydrogen) atoms. The zero-order valence-corrected chi connectivity index (χ0v) is 23.0. The summed E-state index contributed by atoms with van der Waals surface area (Å²) in [5.74, 6) is -1.79. The largest absolute Gasteiger partial charge is 0.509 e. The second-order valence-electron chi connectivity index (χ2n) is 12.0. The molecule has 2 fully saturated rings. The standard InChI is InChI=1S/C30H38F2N2O5/c1-19(35)34-25(14-20-12-23(31)16-24(32)13-20)26(36)17-33-30(22-7-5-6-21(15-22)28(2,3)4)10-8-29(9-11-30)18-38-27(37)39-29/h5-7,12-13,15-16,25-26,33,36H,8-11,14,17-18H2,1-4H3,(H,34,35)/t25-,26-,29?,30?/m1/s1. The molecule has 2 atom stereocenters. The molecule has 1 saturated carbocycles. The lowest BCUT2D eigenvalue weighted by molar-refractivity contribution is -0.120. The lowest BCUT2D eigenvalue weighted by Crippen LogP contribution is -2.55. The molecule has 9 heteroatoms. The Bertz CT molecular complexity index is 1180. The van der Waals surface area contributed by atoms with E-state index in [9.17, 15) is 23.5 Å². The molecule has 1 aliphatic carbocycles. The third-order valence-corrected chi connectivity index (χ3v) is 7.93. The summed E-state index contributed by atoms with van der Waals surface area (Å²) in [6.45, 7) is 8.12. The number of amides is 1. The zero-order chi connectivity index (χ0) is 28.4. The van der Waals surface area contributed by atoms with Gasteiger partial charge in [-0.15, -0.1) is 0 Å². The van der Waals surface area contributed by atoms with E-state index in [4.69, 9.17) is 9.47 Å². The molecule has 2 aromatic rings. The van der Waals surface area contributed by atoms with E-state index in [2.05, 4.69) is 49.6 Å². The van der Waals surface area contributed by atoms with Crippen LogP contribution in [-0.2, 0) is 31.6 Å². The number of nitrogens with one attached hydrogen (secondary N) is 2. The van der Waals surface area contributed by atoms with Crippen molar-refractivity contribution in [2.24, 2.45) is 0 Å². The van der Waals surface area contributed by atoms with Crippen molar-refractivity contribution in [1.29, 1.82) is 0 Å². The second kappa shape index (κ2) is 11.2. The Hall–Kier alpha value is -3.04. The predicted octanol–water partition coefficient (Wildman–Crippen LogP) is 4.64. The summed E-state index contributed by atoms with van der Waals surface area (Å²) >= 11 is 0. The van der Waals surface area contributed by atoms with Crippen LogP contribution in [0.25, 0.3) is 0 Å². The summed E-state index contributed by atoms with van der Waals surface area (Å²) in [4.78, 5) is 23.6. The van der Waals surface area contributed by atoms with Gasteiger partial charge in [0.2, 0.25) is 5.91 Å². The van der Waals surface area contributed by atoms with Crippen LogP contribution in [0.4, 0.5) is 13.6 Å². The normalized spacial score (nSPS) is 24.6. The van der Waals surface area contributed by atoms with Crippen LogP contribution < -0.4 is 10.6 Å². The first-order valence-corrected chi connectivity index (χ1v) is 13.4. The summed E-state index contributed by atoms with van der Waals surface area (Å²) in [5, 5.41) is 17.5. The van der Waals surface area contributed by atoms with Gasteiger partial charge in [-0.1, -0.05) is 45.0 Å². The number of aliphatic hydroxyl groups is 1. The Morgan fingerprint density at radius 1 is 1.08 bits per heavy atom. The molecule has 1 amide bonds. The Balaban J connectivity index is 1.57. The van der Waals surface area contributed by atoms with Crippen LogP contribution in [0, 0.1) is 11.6 Å². The quantitative estimate of drug-likeness (QED) is 0.419. The van der Waals surface area contributed by atoms with Crippen molar-refractivity contribution in [2.45, 2.75) is 88.5 Å². The average molecular weight is 545 g/mol. The molecular weight excluding hydrogens is 506 g/mol. The molecule has 0 bridgehead atoms. The maximum Gasteiger partial charge on any atom is 0.509 e. The van der Waals surface area contributed by atoms with Gasteiger partial charge in [0.05, 0.1) is 12.1 Å². The molecule has 1 heterocycles. The number of halogens is 2. The summed E-state index contributed by atoms with van der Waals surface area (Å²) in [5.41, 5.74) is 1.31. The maximum absolute atomic E-state index is 13.8. The van der Waals surface area contributed by atoms with Crippen LogP contribution in [0.2, 0.25) is 0 Å². The van der Waals surface area contributed by atoms with Gasteiger partial charge in [0.1, 0.15) is 23.8 Å². The van der Waals surface area contributed by atoms with Gasteiger partial charge in [-0.2, -0.15) is 0 Å². The van der Waals surface area contributed by atoms with E-state index in [0.717, 1.165) is 11.6 Å². The Kier molecular flexibility index (Phi) is 8.33. The van der Waals surface area contributed by atoms with Gasteiger partial charge in [0.25, 0.3) is 0 Å². The van der Waals surface area contributed by atoms with Gasteiger partial charge in [0.15, 0.2) is 0 Å². The number of carbonyl (C=O) groups is 2. The Labute approximate surface area is 228 Å². The minimum Gasteiger partial charge on any atom is -0.430 e. The second-order valence-corrected chi connectivity index (χ2v) is 12.0. The third kappa shape index (κ3) is 6.94. The summed E-state index contributed by atoms with van der Waals surface area (Å²) in [6.07, 6.45) is 0.783. The molecule has 1 spiro atoms. The average Bonchev–Trinajstić information content (AvgIpc) is 3.22. The molecule has 4 rings (SSSR count). The fourth-order valence-corrected chi connectivity index (χ4v) is 5.63. The molecule has 2 aliphatic rings. The summed E-state index contributed by atoms with van der Waals surface area (Å²) < 4.78 is 38.2. The molecule has 7 nitrogen and oxygen atoms in total. The van der Waals surface area contributed by atoms with Gasteiger partial charge in [-0.3, -0.25) is 4.79 Å². The monoisotopic (exact) mass is 544 g/mol. The van der Waals surface area contributed by atoms with Crippen LogP contribution in [0.15, 0.2) is 42.5 Å². The topological polar surface area (TPSA) is 96.9 Å². The lowest BCUT2D eigenvalue weighted by atomic mass is 9.70. The van der Waals surface area contributed by atoms with E-state index < -0.39 is 41.1 Å². The minimum absolute atomic E-state index is 0.0556. The molecule has 3 N–H and O–H groups in total. The van der Waals surface area contributed by atoms with Gasteiger partial charge < -0.3 is 25.2 Å². The minimum atomic E-state index is -1.05. The van der Waals surface area contributed by atoms with E-state index in [0.29, 0.717) is 31.2 Å². The first kappa shape index (κ1) is 29.0. The number of carbonyl (C=O) groups excluding carboxylic acids is 2. The van der Waals surface area contributed by atoms with E-state index in [1.807, 2.05) is 6.07 Å². The molecule has 2 aromatic carbocycles. The van der Waals surface area contributed by atoms with E-state index in [1.165, 1.54) is 24.6 Å². The Morgan fingerprint density at radius 3 is 2.31 bits per heavy atom. The third-order valence-electron chi connectivity index (χ3n) is 7.93. The summed E-state index contributed by atoms with van der Waals surface area (Å²) in [7, 11) is 0. The number of aliphatic hydroxyl groups excluding tert-OH is 1.